The Morgan fingerprint density at radius 1 is 1.24 bits per heavy atom. The van der Waals surface area contributed by atoms with Crippen LogP contribution in [0.15, 0.2) is 36.7 Å². The van der Waals surface area contributed by atoms with Gasteiger partial charge in [-0.2, -0.15) is 5.10 Å². The Morgan fingerprint density at radius 3 is 2.86 bits per heavy atom. The predicted octanol–water partition coefficient (Wildman–Crippen LogP) is 3.40. The Bertz CT molecular complexity index is 678. The van der Waals surface area contributed by atoms with E-state index in [0.29, 0.717) is 5.92 Å². The number of aromatic nitrogens is 3. The van der Waals surface area contributed by atoms with Crippen LogP contribution >= 0.6 is 11.3 Å². The Hall–Kier alpha value is -1.72. The molecule has 0 bridgehead atoms. The van der Waals surface area contributed by atoms with Gasteiger partial charge in [0.2, 0.25) is 0 Å². The number of rotatable bonds is 3. The Morgan fingerprint density at radius 2 is 2.10 bits per heavy atom. The van der Waals surface area contributed by atoms with Gasteiger partial charge in [0.15, 0.2) is 0 Å². The topological polar surface area (TPSA) is 44.8 Å². The number of para-hydroxylation sites is 1. The minimum absolute atomic E-state index is 0.662. The van der Waals surface area contributed by atoms with Crippen molar-refractivity contribution in [2.45, 2.75) is 25.3 Å². The van der Waals surface area contributed by atoms with Gasteiger partial charge in [0.1, 0.15) is 5.01 Å². The molecule has 0 saturated carbocycles. The average Bonchev–Trinajstić information content (AvgIpc) is 3.17. The van der Waals surface area contributed by atoms with Gasteiger partial charge in [-0.1, -0.05) is 12.1 Å². The van der Waals surface area contributed by atoms with Crippen molar-refractivity contribution < 1.29 is 0 Å². The van der Waals surface area contributed by atoms with E-state index >= 15 is 0 Å². The zero-order valence-corrected chi connectivity index (χ0v) is 12.6. The first-order chi connectivity index (χ1) is 10.4. The molecule has 2 aromatic heterocycles. The van der Waals surface area contributed by atoms with Crippen LogP contribution in [0.5, 0.6) is 0 Å². The average molecular weight is 298 g/mol. The van der Waals surface area contributed by atoms with Gasteiger partial charge in [-0.15, -0.1) is 11.3 Å². The molecule has 0 amide bonds. The van der Waals surface area contributed by atoms with Crippen molar-refractivity contribution in [3.63, 3.8) is 0 Å². The number of fused-ring (bicyclic) bond motifs is 1. The summed E-state index contributed by atoms with van der Waals surface area (Å²) in [5.74, 6) is 0.662. The molecule has 1 aliphatic heterocycles. The molecular weight excluding hydrogens is 280 g/mol. The lowest BCUT2D eigenvalue weighted by atomic mass is 9.92. The molecule has 1 N–H and O–H groups in total. The Kier molecular flexibility index (Phi) is 3.45. The monoisotopic (exact) mass is 298 g/mol. The maximum Gasteiger partial charge on any atom is 0.108 e. The molecule has 4 rings (SSSR count). The zero-order valence-electron chi connectivity index (χ0n) is 11.8. The van der Waals surface area contributed by atoms with E-state index in [-0.39, 0.29) is 0 Å². The second kappa shape index (κ2) is 5.58. The quantitative estimate of drug-likeness (QED) is 0.806. The van der Waals surface area contributed by atoms with Gasteiger partial charge >= 0.3 is 0 Å². The number of thiazole rings is 1. The molecule has 21 heavy (non-hydrogen) atoms. The van der Waals surface area contributed by atoms with Crippen LogP contribution in [0.3, 0.4) is 0 Å². The third kappa shape index (κ3) is 2.71. The van der Waals surface area contributed by atoms with E-state index < -0.39 is 0 Å². The molecule has 1 saturated heterocycles. The molecule has 1 aliphatic rings. The summed E-state index contributed by atoms with van der Waals surface area (Å²) in [6.45, 7) is 3.27. The van der Waals surface area contributed by atoms with E-state index in [1.807, 2.05) is 23.7 Å². The van der Waals surface area contributed by atoms with E-state index in [9.17, 15) is 0 Å². The van der Waals surface area contributed by atoms with Crippen LogP contribution in [0.2, 0.25) is 0 Å². The van der Waals surface area contributed by atoms with E-state index in [4.69, 9.17) is 4.98 Å². The summed E-state index contributed by atoms with van der Waals surface area (Å²) in [6, 6.07) is 8.39. The molecule has 0 aliphatic carbocycles. The SMILES string of the molecule is c1ccc2sc(CN3CCC(c4cn[nH]c4)CC3)nc2c1. The number of likely N-dealkylation sites (tertiary alicyclic amines) is 1. The van der Waals surface area contributed by atoms with E-state index in [1.54, 1.807) is 0 Å². The fourth-order valence-corrected chi connectivity index (χ4v) is 4.10. The summed E-state index contributed by atoms with van der Waals surface area (Å²) in [5.41, 5.74) is 2.49. The summed E-state index contributed by atoms with van der Waals surface area (Å²) in [5, 5.41) is 8.22. The maximum absolute atomic E-state index is 4.74. The van der Waals surface area contributed by atoms with Crippen LogP contribution in [0, 0.1) is 0 Å². The molecule has 0 unspecified atom stereocenters. The molecule has 0 spiro atoms. The number of benzene rings is 1. The smallest absolute Gasteiger partial charge is 0.108 e. The predicted molar refractivity (Wildman–Crippen MR) is 85.5 cm³/mol. The number of hydrogen-bond donors (Lipinski definition) is 1. The van der Waals surface area contributed by atoms with Crippen LogP contribution in [-0.4, -0.2) is 33.2 Å². The first-order valence-electron chi connectivity index (χ1n) is 7.44. The third-order valence-electron chi connectivity index (χ3n) is 4.28. The van der Waals surface area contributed by atoms with Crippen LogP contribution < -0.4 is 0 Å². The lowest BCUT2D eigenvalue weighted by molar-refractivity contribution is 0.204. The number of aromatic amines is 1. The van der Waals surface area contributed by atoms with Crippen LogP contribution in [0.4, 0.5) is 0 Å². The molecule has 0 radical (unpaired) electrons. The normalized spacial score (nSPS) is 17.5. The minimum Gasteiger partial charge on any atom is -0.297 e. The number of hydrogen-bond acceptors (Lipinski definition) is 4. The van der Waals surface area contributed by atoms with Crippen molar-refractivity contribution in [1.82, 2.24) is 20.1 Å². The standard InChI is InChI=1S/C16H18N4S/c1-2-4-15-14(3-1)19-16(21-15)11-20-7-5-12(6-8-20)13-9-17-18-10-13/h1-4,9-10,12H,5-8,11H2,(H,17,18). The molecule has 1 aromatic carbocycles. The zero-order chi connectivity index (χ0) is 14.1. The Labute approximate surface area is 127 Å². The van der Waals surface area contributed by atoms with E-state index in [1.165, 1.54) is 28.1 Å². The van der Waals surface area contributed by atoms with E-state index in [0.717, 1.165) is 25.2 Å². The molecule has 4 nitrogen and oxygen atoms in total. The highest BCUT2D eigenvalue weighted by atomic mass is 32.1. The van der Waals surface area contributed by atoms with Crippen molar-refractivity contribution >= 4 is 21.6 Å². The number of piperidine rings is 1. The Balaban J connectivity index is 1.40. The van der Waals surface area contributed by atoms with Crippen molar-refractivity contribution in [3.05, 3.63) is 47.2 Å². The van der Waals surface area contributed by atoms with Crippen LogP contribution in [0.1, 0.15) is 29.3 Å². The van der Waals surface area contributed by atoms with Crippen molar-refractivity contribution in [1.29, 1.82) is 0 Å². The second-order valence-corrected chi connectivity index (χ2v) is 6.77. The summed E-state index contributed by atoms with van der Waals surface area (Å²) < 4.78 is 1.29. The highest BCUT2D eigenvalue weighted by molar-refractivity contribution is 7.18. The molecular formula is C16H18N4S. The highest BCUT2D eigenvalue weighted by Crippen LogP contribution is 2.29. The largest absolute Gasteiger partial charge is 0.297 e. The fourth-order valence-electron chi connectivity index (χ4n) is 3.09. The number of H-pyrrole nitrogens is 1. The fraction of sp³-hybridized carbons (Fsp3) is 0.375. The molecule has 3 heterocycles. The molecule has 5 heteroatoms. The van der Waals surface area contributed by atoms with Gasteiger partial charge in [-0.3, -0.25) is 10.00 Å². The molecule has 108 valence electrons. The van der Waals surface area contributed by atoms with Crippen molar-refractivity contribution in [2.75, 3.05) is 13.1 Å². The van der Waals surface area contributed by atoms with Crippen molar-refractivity contribution in [2.24, 2.45) is 0 Å². The minimum atomic E-state index is 0.662. The first kappa shape index (κ1) is 13.0. The number of nitrogens with zero attached hydrogens (tertiary/aromatic N) is 3. The summed E-state index contributed by atoms with van der Waals surface area (Å²) in [6.07, 6.45) is 6.43. The number of nitrogens with one attached hydrogen (secondary N) is 1. The van der Waals surface area contributed by atoms with Crippen LogP contribution in [0.25, 0.3) is 10.2 Å². The van der Waals surface area contributed by atoms with Gasteiger partial charge in [-0.05, 0) is 49.5 Å². The molecule has 0 atom stereocenters. The summed E-state index contributed by atoms with van der Waals surface area (Å²) in [7, 11) is 0. The van der Waals surface area contributed by atoms with Gasteiger partial charge in [0.05, 0.1) is 23.0 Å². The molecule has 1 fully saturated rings. The van der Waals surface area contributed by atoms with E-state index in [2.05, 4.69) is 39.4 Å². The van der Waals surface area contributed by atoms with Gasteiger partial charge in [-0.25, -0.2) is 4.98 Å². The lowest BCUT2D eigenvalue weighted by Gasteiger charge is -2.30. The van der Waals surface area contributed by atoms with Crippen molar-refractivity contribution in [3.8, 4) is 0 Å². The summed E-state index contributed by atoms with van der Waals surface area (Å²) in [4.78, 5) is 7.26. The van der Waals surface area contributed by atoms with Gasteiger partial charge < -0.3 is 0 Å². The maximum atomic E-state index is 4.74. The van der Waals surface area contributed by atoms with Crippen LogP contribution in [-0.2, 0) is 6.54 Å². The van der Waals surface area contributed by atoms with Gasteiger partial charge in [0, 0.05) is 6.20 Å². The second-order valence-electron chi connectivity index (χ2n) is 5.66. The molecule has 3 aromatic rings. The summed E-state index contributed by atoms with van der Waals surface area (Å²) >= 11 is 1.82. The highest BCUT2D eigenvalue weighted by Gasteiger charge is 2.21. The lowest BCUT2D eigenvalue weighted by Crippen LogP contribution is -2.32. The van der Waals surface area contributed by atoms with Gasteiger partial charge in [0.25, 0.3) is 0 Å². The third-order valence-corrected chi connectivity index (χ3v) is 5.30. The first-order valence-corrected chi connectivity index (χ1v) is 8.25.